The Balaban J connectivity index is 1.45. The second-order valence-corrected chi connectivity index (χ2v) is 8.38. The maximum atomic E-state index is 12.7. The average molecular weight is 458 g/mol. The van der Waals surface area contributed by atoms with Gasteiger partial charge in [0.15, 0.2) is 0 Å². The summed E-state index contributed by atoms with van der Waals surface area (Å²) in [4.78, 5) is 29.1. The highest BCUT2D eigenvalue weighted by Crippen LogP contribution is 2.16. The molecule has 1 fully saturated rings. The molecule has 29 heavy (non-hydrogen) atoms. The lowest BCUT2D eigenvalue weighted by atomic mass is 10.1. The minimum Gasteiger partial charge on any atom is -0.348 e. The third-order valence-corrected chi connectivity index (χ3v) is 5.91. The van der Waals surface area contributed by atoms with E-state index < -0.39 is 0 Å². The first-order chi connectivity index (χ1) is 14.0. The van der Waals surface area contributed by atoms with Gasteiger partial charge < -0.3 is 10.2 Å². The van der Waals surface area contributed by atoms with Crippen LogP contribution in [-0.4, -0.2) is 54.3 Å². The van der Waals surface area contributed by atoms with Crippen LogP contribution in [-0.2, 0) is 11.2 Å². The van der Waals surface area contributed by atoms with Crippen molar-refractivity contribution in [1.29, 1.82) is 0 Å². The Morgan fingerprint density at radius 1 is 1.00 bits per heavy atom. The van der Waals surface area contributed by atoms with E-state index in [0.717, 1.165) is 22.0 Å². The molecule has 1 N–H and O–H groups in total. The van der Waals surface area contributed by atoms with E-state index in [1.54, 1.807) is 0 Å². The normalized spacial score (nSPS) is 15.8. The number of carbonyl (C=O) groups is 2. The molecule has 0 aliphatic carbocycles. The van der Waals surface area contributed by atoms with Crippen LogP contribution >= 0.6 is 15.9 Å². The standard InChI is InChI=1S/C23H28BrN3O2/c1-3-18-4-6-20(7-5-18)23(29)27-14-12-26(13-15-27)16-22(28)25-17(2)19-8-10-21(24)11-9-19/h4-11,17H,3,12-16H2,1-2H3,(H,25,28). The van der Waals surface area contributed by atoms with Crippen molar-refractivity contribution in [2.24, 2.45) is 0 Å². The quantitative estimate of drug-likeness (QED) is 0.719. The minimum absolute atomic E-state index is 0.00958. The van der Waals surface area contributed by atoms with E-state index >= 15 is 0 Å². The predicted molar refractivity (Wildman–Crippen MR) is 119 cm³/mol. The molecule has 0 bridgehead atoms. The van der Waals surface area contributed by atoms with E-state index in [-0.39, 0.29) is 17.9 Å². The molecule has 6 heteroatoms. The zero-order valence-corrected chi connectivity index (χ0v) is 18.6. The number of carbonyl (C=O) groups excluding carboxylic acids is 2. The zero-order valence-electron chi connectivity index (χ0n) is 17.0. The molecule has 1 atom stereocenters. The van der Waals surface area contributed by atoms with Crippen LogP contribution in [0.4, 0.5) is 0 Å². The minimum atomic E-state index is -0.0374. The summed E-state index contributed by atoms with van der Waals surface area (Å²) in [5.74, 6) is 0.0796. The van der Waals surface area contributed by atoms with Crippen molar-refractivity contribution in [3.8, 4) is 0 Å². The molecule has 0 radical (unpaired) electrons. The van der Waals surface area contributed by atoms with Gasteiger partial charge in [0.25, 0.3) is 5.91 Å². The lowest BCUT2D eigenvalue weighted by molar-refractivity contribution is -0.123. The monoisotopic (exact) mass is 457 g/mol. The largest absolute Gasteiger partial charge is 0.348 e. The fraction of sp³-hybridized carbons (Fsp3) is 0.391. The fourth-order valence-electron chi connectivity index (χ4n) is 3.50. The van der Waals surface area contributed by atoms with Gasteiger partial charge in [-0.05, 0) is 48.7 Å². The second kappa shape index (κ2) is 10.0. The van der Waals surface area contributed by atoms with Crippen molar-refractivity contribution in [2.75, 3.05) is 32.7 Å². The first-order valence-corrected chi connectivity index (χ1v) is 10.9. The number of benzene rings is 2. The van der Waals surface area contributed by atoms with E-state index in [1.165, 1.54) is 5.56 Å². The molecule has 1 heterocycles. The van der Waals surface area contributed by atoms with Crippen molar-refractivity contribution in [3.63, 3.8) is 0 Å². The van der Waals surface area contributed by atoms with Crippen molar-refractivity contribution in [2.45, 2.75) is 26.3 Å². The Hall–Kier alpha value is -2.18. The van der Waals surface area contributed by atoms with Gasteiger partial charge in [0.05, 0.1) is 12.6 Å². The van der Waals surface area contributed by atoms with Crippen LogP contribution in [0.3, 0.4) is 0 Å². The van der Waals surface area contributed by atoms with Gasteiger partial charge in [0.2, 0.25) is 5.91 Å². The lowest BCUT2D eigenvalue weighted by Gasteiger charge is -2.34. The molecular formula is C23H28BrN3O2. The van der Waals surface area contributed by atoms with Crippen molar-refractivity contribution in [1.82, 2.24) is 15.1 Å². The average Bonchev–Trinajstić information content (AvgIpc) is 2.74. The number of piperazine rings is 1. The van der Waals surface area contributed by atoms with Crippen LogP contribution in [0.15, 0.2) is 53.0 Å². The summed E-state index contributed by atoms with van der Waals surface area (Å²) in [7, 11) is 0. The summed E-state index contributed by atoms with van der Waals surface area (Å²) in [6, 6.07) is 15.8. The van der Waals surface area contributed by atoms with E-state index in [0.29, 0.717) is 32.7 Å². The molecule has 1 aliphatic rings. The van der Waals surface area contributed by atoms with Gasteiger partial charge in [-0.1, -0.05) is 47.1 Å². The number of aryl methyl sites for hydroxylation is 1. The second-order valence-electron chi connectivity index (χ2n) is 7.46. The van der Waals surface area contributed by atoms with Crippen molar-refractivity contribution < 1.29 is 9.59 Å². The first kappa shape index (κ1) is 21.5. The van der Waals surface area contributed by atoms with E-state index in [4.69, 9.17) is 0 Å². The van der Waals surface area contributed by atoms with Crippen LogP contribution in [0.1, 0.15) is 41.4 Å². The van der Waals surface area contributed by atoms with Crippen LogP contribution in [0, 0.1) is 0 Å². The van der Waals surface area contributed by atoms with Crippen LogP contribution in [0.25, 0.3) is 0 Å². The molecule has 2 aromatic rings. The third-order valence-electron chi connectivity index (χ3n) is 5.38. The molecule has 0 spiro atoms. The molecule has 0 aromatic heterocycles. The molecule has 1 saturated heterocycles. The fourth-order valence-corrected chi connectivity index (χ4v) is 3.76. The number of nitrogens with zero attached hydrogens (tertiary/aromatic N) is 2. The number of amides is 2. The molecule has 2 aromatic carbocycles. The van der Waals surface area contributed by atoms with Crippen LogP contribution in [0.5, 0.6) is 0 Å². The van der Waals surface area contributed by atoms with E-state index in [2.05, 4.69) is 33.1 Å². The van der Waals surface area contributed by atoms with Gasteiger partial charge in [0, 0.05) is 36.2 Å². The van der Waals surface area contributed by atoms with Gasteiger partial charge >= 0.3 is 0 Å². The smallest absolute Gasteiger partial charge is 0.253 e. The van der Waals surface area contributed by atoms with Crippen molar-refractivity contribution in [3.05, 3.63) is 69.7 Å². The van der Waals surface area contributed by atoms with Crippen LogP contribution in [0.2, 0.25) is 0 Å². The molecule has 154 valence electrons. The summed E-state index contributed by atoms with van der Waals surface area (Å²) in [6.45, 7) is 7.15. The molecule has 1 unspecified atom stereocenters. The molecule has 2 amide bonds. The summed E-state index contributed by atoms with van der Waals surface area (Å²) in [5, 5.41) is 3.06. The number of hydrogen-bond acceptors (Lipinski definition) is 3. The SMILES string of the molecule is CCc1ccc(C(=O)N2CCN(CC(=O)NC(C)c3ccc(Br)cc3)CC2)cc1. The maximum absolute atomic E-state index is 12.7. The first-order valence-electron chi connectivity index (χ1n) is 10.1. The molecular weight excluding hydrogens is 430 g/mol. The lowest BCUT2D eigenvalue weighted by Crippen LogP contribution is -2.51. The Labute approximate surface area is 181 Å². The Morgan fingerprint density at radius 2 is 1.62 bits per heavy atom. The highest BCUT2D eigenvalue weighted by Gasteiger charge is 2.23. The summed E-state index contributed by atoms with van der Waals surface area (Å²) >= 11 is 3.43. The van der Waals surface area contributed by atoms with Gasteiger partial charge in [0.1, 0.15) is 0 Å². The van der Waals surface area contributed by atoms with E-state index in [9.17, 15) is 9.59 Å². The Morgan fingerprint density at radius 3 is 2.21 bits per heavy atom. The topological polar surface area (TPSA) is 52.7 Å². The summed E-state index contributed by atoms with van der Waals surface area (Å²) in [6.07, 6.45) is 0.968. The number of hydrogen-bond donors (Lipinski definition) is 1. The predicted octanol–water partition coefficient (Wildman–Crippen LogP) is 3.65. The molecule has 1 aliphatic heterocycles. The number of rotatable bonds is 6. The zero-order chi connectivity index (χ0) is 20.8. The Bertz CT molecular complexity index is 828. The highest BCUT2D eigenvalue weighted by atomic mass is 79.9. The summed E-state index contributed by atoms with van der Waals surface area (Å²) < 4.78 is 1.02. The van der Waals surface area contributed by atoms with Gasteiger partial charge in [-0.2, -0.15) is 0 Å². The molecule has 5 nitrogen and oxygen atoms in total. The molecule has 0 saturated carbocycles. The Kier molecular flexibility index (Phi) is 7.45. The number of halogens is 1. The van der Waals surface area contributed by atoms with Gasteiger partial charge in [-0.15, -0.1) is 0 Å². The highest BCUT2D eigenvalue weighted by molar-refractivity contribution is 9.10. The van der Waals surface area contributed by atoms with Gasteiger partial charge in [-0.25, -0.2) is 0 Å². The maximum Gasteiger partial charge on any atom is 0.253 e. The summed E-state index contributed by atoms with van der Waals surface area (Å²) in [5.41, 5.74) is 3.04. The molecule has 3 rings (SSSR count). The third kappa shape index (κ3) is 5.90. The van der Waals surface area contributed by atoms with Crippen LogP contribution < -0.4 is 5.32 Å². The van der Waals surface area contributed by atoms with Crippen molar-refractivity contribution >= 4 is 27.7 Å². The number of nitrogens with one attached hydrogen (secondary N) is 1. The van der Waals surface area contributed by atoms with Gasteiger partial charge in [-0.3, -0.25) is 14.5 Å². The van der Waals surface area contributed by atoms with E-state index in [1.807, 2.05) is 60.4 Å².